The smallest absolute Gasteiger partial charge is 0.302 e. The summed E-state index contributed by atoms with van der Waals surface area (Å²) >= 11 is 3.73. The first-order chi connectivity index (χ1) is 8.05. The van der Waals surface area contributed by atoms with Crippen LogP contribution in [0, 0.1) is 35.5 Å². The third kappa shape index (κ3) is 1.10. The second-order valence-electron chi connectivity index (χ2n) is 6.30. The number of ether oxygens (including phenoxy) is 1. The second kappa shape index (κ2) is 3.08. The van der Waals surface area contributed by atoms with Crippen LogP contribution >= 0.6 is 15.9 Å². The molecule has 6 bridgehead atoms. The van der Waals surface area contributed by atoms with Crippen LogP contribution in [-0.2, 0) is 9.53 Å². The van der Waals surface area contributed by atoms with Crippen molar-refractivity contribution in [2.24, 2.45) is 35.5 Å². The molecule has 5 aliphatic carbocycles. The number of esters is 1. The van der Waals surface area contributed by atoms with Crippen LogP contribution in [0.2, 0.25) is 0 Å². The molecule has 0 spiro atoms. The van der Waals surface area contributed by atoms with Gasteiger partial charge >= 0.3 is 5.97 Å². The van der Waals surface area contributed by atoms with Crippen LogP contribution in [0.4, 0.5) is 0 Å². The zero-order valence-corrected chi connectivity index (χ0v) is 11.4. The molecule has 5 rings (SSSR count). The van der Waals surface area contributed by atoms with E-state index in [2.05, 4.69) is 15.9 Å². The fourth-order valence-corrected chi connectivity index (χ4v) is 6.79. The summed E-state index contributed by atoms with van der Waals surface area (Å²) in [7, 11) is 0. The molecular formula is C13H17BrO3. The van der Waals surface area contributed by atoms with Crippen molar-refractivity contribution in [3.05, 3.63) is 0 Å². The maximum Gasteiger partial charge on any atom is 0.302 e. The van der Waals surface area contributed by atoms with E-state index in [1.54, 1.807) is 0 Å². The molecule has 0 aliphatic heterocycles. The highest BCUT2D eigenvalue weighted by Gasteiger charge is 2.83. The minimum absolute atomic E-state index is 0.217. The molecule has 3 nitrogen and oxygen atoms in total. The maximum atomic E-state index is 10.9. The topological polar surface area (TPSA) is 46.5 Å². The fourth-order valence-electron chi connectivity index (χ4n) is 5.51. The Labute approximate surface area is 109 Å². The summed E-state index contributed by atoms with van der Waals surface area (Å²) in [5.74, 6) is 4.26. The van der Waals surface area contributed by atoms with E-state index in [0.717, 1.165) is 23.7 Å². The van der Waals surface area contributed by atoms with E-state index in [-0.39, 0.29) is 10.8 Å². The molecule has 0 aromatic rings. The minimum atomic E-state index is -0.628. The average molecular weight is 301 g/mol. The highest BCUT2D eigenvalue weighted by Crippen LogP contribution is 2.83. The van der Waals surface area contributed by atoms with Crippen LogP contribution in [0.15, 0.2) is 0 Å². The standard InChI is InChI=1S/C13H17BrO3/c1-5(15)17-3-2-13(16)11-7-4-6-8(9(6)11)10(7)12(13)14/h6-12,16H,2-4H2,1H3/t6?,7?,8?,9?,10?,11?,12-,13+/m0/s1. The number of hydrogen-bond donors (Lipinski definition) is 1. The predicted molar refractivity (Wildman–Crippen MR) is 64.5 cm³/mol. The molecule has 4 heteroatoms. The molecule has 5 aliphatic rings. The van der Waals surface area contributed by atoms with Crippen molar-refractivity contribution in [1.29, 1.82) is 0 Å². The Hall–Kier alpha value is -0.0900. The van der Waals surface area contributed by atoms with Crippen molar-refractivity contribution in [3.63, 3.8) is 0 Å². The highest BCUT2D eigenvalue weighted by molar-refractivity contribution is 9.09. The van der Waals surface area contributed by atoms with E-state index in [1.807, 2.05) is 0 Å². The summed E-state index contributed by atoms with van der Waals surface area (Å²) in [6.45, 7) is 1.77. The largest absolute Gasteiger partial charge is 0.466 e. The zero-order valence-electron chi connectivity index (χ0n) is 9.80. The third-order valence-electron chi connectivity index (χ3n) is 5.85. The van der Waals surface area contributed by atoms with Crippen LogP contribution in [-0.4, -0.2) is 28.1 Å². The van der Waals surface area contributed by atoms with E-state index in [0.29, 0.717) is 24.9 Å². The minimum Gasteiger partial charge on any atom is -0.466 e. The first-order valence-electron chi connectivity index (χ1n) is 6.55. The molecular weight excluding hydrogens is 284 g/mol. The molecule has 94 valence electrons. The van der Waals surface area contributed by atoms with Gasteiger partial charge in [-0.05, 0) is 41.9 Å². The first kappa shape index (κ1) is 10.8. The normalized spacial score (nSPS) is 60.8. The van der Waals surface area contributed by atoms with E-state index in [9.17, 15) is 9.90 Å². The SMILES string of the molecule is CC(=O)OCC[C@@]1(O)C2C3CC4C(C42)C3[C@@H]1Br. The number of hydrogen-bond acceptors (Lipinski definition) is 3. The second-order valence-corrected chi connectivity index (χ2v) is 7.29. The summed E-state index contributed by atoms with van der Waals surface area (Å²) in [5.41, 5.74) is -0.628. The number of rotatable bonds is 3. The number of halogens is 1. The molecule has 0 heterocycles. The Morgan fingerprint density at radius 3 is 2.76 bits per heavy atom. The number of carbonyl (C=O) groups is 1. The average Bonchev–Trinajstić information content (AvgIpc) is 2.67. The van der Waals surface area contributed by atoms with Gasteiger partial charge in [0.05, 0.1) is 12.2 Å². The van der Waals surface area contributed by atoms with Crippen molar-refractivity contribution >= 4 is 21.9 Å². The zero-order chi connectivity index (χ0) is 11.9. The van der Waals surface area contributed by atoms with Crippen molar-refractivity contribution in [1.82, 2.24) is 0 Å². The lowest BCUT2D eigenvalue weighted by Gasteiger charge is -2.36. The van der Waals surface area contributed by atoms with E-state index in [1.165, 1.54) is 13.3 Å². The molecule has 6 unspecified atom stereocenters. The summed E-state index contributed by atoms with van der Waals surface area (Å²) < 4.78 is 5.00. The molecule has 0 radical (unpaired) electrons. The van der Waals surface area contributed by atoms with Gasteiger partial charge in [-0.2, -0.15) is 0 Å². The van der Waals surface area contributed by atoms with Crippen LogP contribution < -0.4 is 0 Å². The lowest BCUT2D eigenvalue weighted by Crippen LogP contribution is -2.46. The van der Waals surface area contributed by atoms with Crippen LogP contribution in [0.25, 0.3) is 0 Å². The van der Waals surface area contributed by atoms with Gasteiger partial charge in [0.2, 0.25) is 0 Å². The summed E-state index contributed by atoms with van der Waals surface area (Å²) in [5, 5.41) is 10.9. The van der Waals surface area contributed by atoms with Crippen LogP contribution in [0.5, 0.6) is 0 Å². The van der Waals surface area contributed by atoms with Gasteiger partial charge in [-0.3, -0.25) is 4.79 Å². The Morgan fingerprint density at radius 2 is 2.18 bits per heavy atom. The number of aliphatic hydroxyl groups is 1. The molecule has 0 aromatic heterocycles. The van der Waals surface area contributed by atoms with Crippen molar-refractivity contribution in [3.8, 4) is 0 Å². The van der Waals surface area contributed by atoms with Gasteiger partial charge in [-0.1, -0.05) is 15.9 Å². The fraction of sp³-hybridized carbons (Fsp3) is 0.923. The summed E-state index contributed by atoms with van der Waals surface area (Å²) in [6, 6.07) is 0. The lowest BCUT2D eigenvalue weighted by atomic mass is 9.81. The van der Waals surface area contributed by atoms with Crippen LogP contribution in [0.3, 0.4) is 0 Å². The molecule has 1 N–H and O–H groups in total. The maximum absolute atomic E-state index is 10.9. The Kier molecular flexibility index (Phi) is 1.95. The molecule has 0 amide bonds. The van der Waals surface area contributed by atoms with E-state index >= 15 is 0 Å². The lowest BCUT2D eigenvalue weighted by molar-refractivity contribution is -0.143. The van der Waals surface area contributed by atoms with Gasteiger partial charge < -0.3 is 9.84 Å². The third-order valence-corrected chi connectivity index (χ3v) is 7.26. The van der Waals surface area contributed by atoms with Gasteiger partial charge in [-0.25, -0.2) is 0 Å². The van der Waals surface area contributed by atoms with Gasteiger partial charge in [-0.15, -0.1) is 0 Å². The number of alkyl halides is 1. The molecule has 5 fully saturated rings. The summed E-state index contributed by atoms with van der Waals surface area (Å²) in [6.07, 6.45) is 1.93. The Morgan fingerprint density at radius 1 is 1.41 bits per heavy atom. The monoisotopic (exact) mass is 300 g/mol. The summed E-state index contributed by atoms with van der Waals surface area (Å²) in [4.78, 5) is 11.0. The molecule has 5 saturated carbocycles. The molecule has 8 atom stereocenters. The van der Waals surface area contributed by atoms with E-state index < -0.39 is 5.60 Å². The van der Waals surface area contributed by atoms with Gasteiger partial charge in [0.25, 0.3) is 0 Å². The Bertz CT molecular complexity index is 398. The highest BCUT2D eigenvalue weighted by atomic mass is 79.9. The number of carbonyl (C=O) groups excluding carboxylic acids is 1. The van der Waals surface area contributed by atoms with Crippen molar-refractivity contribution < 1.29 is 14.6 Å². The molecule has 0 aromatic carbocycles. The van der Waals surface area contributed by atoms with Gasteiger partial charge in [0.15, 0.2) is 0 Å². The van der Waals surface area contributed by atoms with Gasteiger partial charge in [0, 0.05) is 18.2 Å². The first-order valence-corrected chi connectivity index (χ1v) is 7.47. The van der Waals surface area contributed by atoms with Crippen molar-refractivity contribution in [2.75, 3.05) is 6.61 Å². The Balaban J connectivity index is 1.52. The predicted octanol–water partition coefficient (Wildman–Crippen LogP) is 1.58. The van der Waals surface area contributed by atoms with Crippen LogP contribution in [0.1, 0.15) is 19.8 Å². The molecule has 0 saturated heterocycles. The van der Waals surface area contributed by atoms with Crippen molar-refractivity contribution in [2.45, 2.75) is 30.2 Å². The quantitative estimate of drug-likeness (QED) is 0.636. The van der Waals surface area contributed by atoms with E-state index in [4.69, 9.17) is 4.74 Å². The molecule has 17 heavy (non-hydrogen) atoms. The van der Waals surface area contributed by atoms with Gasteiger partial charge in [0.1, 0.15) is 0 Å².